The van der Waals surface area contributed by atoms with Gasteiger partial charge in [0.1, 0.15) is 5.75 Å². The smallest absolute Gasteiger partial charge is 0.227 e. The first-order valence-electron chi connectivity index (χ1n) is 11.8. The van der Waals surface area contributed by atoms with E-state index >= 15 is 0 Å². The summed E-state index contributed by atoms with van der Waals surface area (Å²) in [7, 11) is 3.74. The van der Waals surface area contributed by atoms with Gasteiger partial charge in [-0.3, -0.25) is 9.69 Å². The number of ether oxygens (including phenoxy) is 1. The predicted octanol–water partition coefficient (Wildman–Crippen LogP) is 5.42. The molecule has 0 bridgehead atoms. The topological polar surface area (TPSA) is 32.8 Å². The highest BCUT2D eigenvalue weighted by Crippen LogP contribution is 2.41. The van der Waals surface area contributed by atoms with Gasteiger partial charge in [0.05, 0.1) is 19.6 Å². The molecule has 0 N–H and O–H groups in total. The second-order valence-electron chi connectivity index (χ2n) is 9.14. The van der Waals surface area contributed by atoms with E-state index in [4.69, 9.17) is 4.74 Å². The number of halogens is 1. The number of benzene rings is 3. The molecule has 4 nitrogen and oxygen atoms in total. The summed E-state index contributed by atoms with van der Waals surface area (Å²) in [5.74, 6) is 1.12. The SMILES string of the molecule is COc1cccc2c1CC[C@H](N1CCCC1)[C@H]2N(C)C(=O)Cc1cccc2ccccc12.Cl. The van der Waals surface area contributed by atoms with Crippen LogP contribution >= 0.6 is 12.4 Å². The molecule has 1 amide bonds. The van der Waals surface area contributed by atoms with Crippen molar-refractivity contribution in [3.63, 3.8) is 0 Å². The average molecular weight is 465 g/mol. The standard InChI is InChI=1S/C28H32N2O2.ClH/c1-29(27(31)19-21-11-7-10-20-9-3-4-12-22(20)21)28-24-13-8-14-26(32-2)23(24)15-16-25(28)30-17-5-6-18-30;/h3-4,7-14,25,28H,5-6,15-19H2,1-2H3;1H/t25-,28-;/m0./s1. The van der Waals surface area contributed by atoms with E-state index in [-0.39, 0.29) is 24.4 Å². The minimum atomic E-state index is 0. The second kappa shape index (κ2) is 10.1. The van der Waals surface area contributed by atoms with Crippen LogP contribution in [0.1, 0.15) is 42.0 Å². The molecular formula is C28H33ClN2O2. The summed E-state index contributed by atoms with van der Waals surface area (Å²) in [6, 6.07) is 21.3. The van der Waals surface area contributed by atoms with E-state index in [0.29, 0.717) is 12.5 Å². The molecule has 1 fully saturated rings. The van der Waals surface area contributed by atoms with Crippen molar-refractivity contribution in [1.82, 2.24) is 9.80 Å². The van der Waals surface area contributed by atoms with Crippen LogP contribution in [0, 0.1) is 0 Å². The molecule has 5 heteroatoms. The van der Waals surface area contributed by atoms with Gasteiger partial charge in [-0.25, -0.2) is 0 Å². The number of methoxy groups -OCH3 is 1. The predicted molar refractivity (Wildman–Crippen MR) is 136 cm³/mol. The first-order valence-corrected chi connectivity index (χ1v) is 11.8. The van der Waals surface area contributed by atoms with E-state index < -0.39 is 0 Å². The number of likely N-dealkylation sites (N-methyl/N-ethyl adjacent to an activating group) is 1. The quantitative estimate of drug-likeness (QED) is 0.505. The van der Waals surface area contributed by atoms with Gasteiger partial charge in [0.2, 0.25) is 5.91 Å². The van der Waals surface area contributed by atoms with Gasteiger partial charge >= 0.3 is 0 Å². The molecule has 3 aromatic carbocycles. The lowest BCUT2D eigenvalue weighted by Crippen LogP contribution is -2.48. The molecule has 0 aromatic heterocycles. The van der Waals surface area contributed by atoms with Gasteiger partial charge < -0.3 is 9.64 Å². The van der Waals surface area contributed by atoms with Crippen LogP contribution in [0.3, 0.4) is 0 Å². The van der Waals surface area contributed by atoms with Gasteiger partial charge in [0.15, 0.2) is 0 Å². The molecule has 0 unspecified atom stereocenters. The molecule has 1 heterocycles. The number of fused-ring (bicyclic) bond motifs is 2. The van der Waals surface area contributed by atoms with Crippen molar-refractivity contribution >= 4 is 29.1 Å². The Bertz CT molecular complexity index is 1120. The van der Waals surface area contributed by atoms with Gasteiger partial charge in [0, 0.05) is 13.1 Å². The Hall–Kier alpha value is -2.56. The van der Waals surface area contributed by atoms with Crippen LogP contribution in [0.25, 0.3) is 10.8 Å². The number of hydrogen-bond acceptors (Lipinski definition) is 3. The zero-order valence-electron chi connectivity index (χ0n) is 19.5. The van der Waals surface area contributed by atoms with E-state index in [2.05, 4.69) is 47.4 Å². The maximum Gasteiger partial charge on any atom is 0.227 e. The maximum atomic E-state index is 13.7. The van der Waals surface area contributed by atoms with Gasteiger partial charge in [-0.05, 0) is 72.3 Å². The molecular weight excluding hydrogens is 432 g/mol. The zero-order chi connectivity index (χ0) is 22.1. The number of hydrogen-bond donors (Lipinski definition) is 0. The normalized spacial score (nSPS) is 20.2. The maximum absolute atomic E-state index is 13.7. The molecule has 5 rings (SSSR count). The molecule has 2 atom stereocenters. The van der Waals surface area contributed by atoms with Crippen LogP contribution in [-0.2, 0) is 17.6 Å². The molecule has 1 aliphatic heterocycles. The number of rotatable bonds is 5. The third kappa shape index (κ3) is 4.47. The fourth-order valence-corrected chi connectivity index (χ4v) is 5.79. The summed E-state index contributed by atoms with van der Waals surface area (Å²) in [5.41, 5.74) is 3.61. The number of carbonyl (C=O) groups is 1. The lowest BCUT2D eigenvalue weighted by Gasteiger charge is -2.44. The Morgan fingerprint density at radius 3 is 2.55 bits per heavy atom. The summed E-state index contributed by atoms with van der Waals surface area (Å²) in [6.45, 7) is 2.26. The molecule has 33 heavy (non-hydrogen) atoms. The summed E-state index contributed by atoms with van der Waals surface area (Å²) < 4.78 is 5.69. The van der Waals surface area contributed by atoms with Crippen molar-refractivity contribution in [2.75, 3.05) is 27.2 Å². The Kier molecular flexibility index (Phi) is 7.26. The molecule has 0 spiro atoms. The van der Waals surface area contributed by atoms with Crippen molar-refractivity contribution in [2.24, 2.45) is 0 Å². The lowest BCUT2D eigenvalue weighted by atomic mass is 9.81. The zero-order valence-corrected chi connectivity index (χ0v) is 20.3. The Balaban J connectivity index is 0.00000259. The molecule has 1 saturated heterocycles. The van der Waals surface area contributed by atoms with E-state index in [9.17, 15) is 4.79 Å². The number of nitrogens with zero attached hydrogens (tertiary/aromatic N) is 2. The Labute approximate surface area is 202 Å². The minimum absolute atomic E-state index is 0. The highest BCUT2D eigenvalue weighted by atomic mass is 35.5. The van der Waals surface area contributed by atoms with E-state index in [1.165, 1.54) is 34.7 Å². The van der Waals surface area contributed by atoms with Crippen LogP contribution < -0.4 is 4.74 Å². The molecule has 3 aromatic rings. The van der Waals surface area contributed by atoms with Crippen molar-refractivity contribution in [2.45, 2.75) is 44.2 Å². The largest absolute Gasteiger partial charge is 0.496 e. The van der Waals surface area contributed by atoms with E-state index in [1.54, 1.807) is 7.11 Å². The number of amides is 1. The van der Waals surface area contributed by atoms with Gasteiger partial charge in [0.25, 0.3) is 0 Å². The number of likely N-dealkylation sites (tertiary alicyclic amines) is 1. The van der Waals surface area contributed by atoms with E-state index in [1.807, 2.05) is 30.1 Å². The Morgan fingerprint density at radius 2 is 1.76 bits per heavy atom. The van der Waals surface area contributed by atoms with Gasteiger partial charge in [-0.2, -0.15) is 0 Å². The summed E-state index contributed by atoms with van der Waals surface area (Å²) >= 11 is 0. The van der Waals surface area contributed by atoms with Crippen LogP contribution in [0.2, 0.25) is 0 Å². The molecule has 0 radical (unpaired) electrons. The molecule has 2 aliphatic rings. The third-order valence-corrected chi connectivity index (χ3v) is 7.40. The Morgan fingerprint density at radius 1 is 1.03 bits per heavy atom. The second-order valence-corrected chi connectivity index (χ2v) is 9.14. The summed E-state index contributed by atoms with van der Waals surface area (Å²) in [5, 5.41) is 2.35. The first-order chi connectivity index (χ1) is 15.7. The van der Waals surface area contributed by atoms with Crippen molar-refractivity contribution in [3.05, 3.63) is 77.4 Å². The fraction of sp³-hybridized carbons (Fsp3) is 0.393. The van der Waals surface area contributed by atoms with Crippen LogP contribution in [0.5, 0.6) is 5.75 Å². The fourth-order valence-electron chi connectivity index (χ4n) is 5.79. The lowest BCUT2D eigenvalue weighted by molar-refractivity contribution is -0.133. The first kappa shape index (κ1) is 23.6. The number of carbonyl (C=O) groups excluding carboxylic acids is 1. The average Bonchev–Trinajstić information content (AvgIpc) is 3.37. The van der Waals surface area contributed by atoms with Crippen molar-refractivity contribution < 1.29 is 9.53 Å². The monoisotopic (exact) mass is 464 g/mol. The highest BCUT2D eigenvalue weighted by Gasteiger charge is 2.39. The van der Waals surface area contributed by atoms with Crippen LogP contribution in [0.4, 0.5) is 0 Å². The van der Waals surface area contributed by atoms with Crippen LogP contribution in [-0.4, -0.2) is 49.0 Å². The van der Waals surface area contributed by atoms with Crippen molar-refractivity contribution in [1.29, 1.82) is 0 Å². The molecule has 1 aliphatic carbocycles. The van der Waals surface area contributed by atoms with E-state index in [0.717, 1.165) is 37.2 Å². The third-order valence-electron chi connectivity index (χ3n) is 7.40. The minimum Gasteiger partial charge on any atom is -0.496 e. The molecule has 174 valence electrons. The summed E-state index contributed by atoms with van der Waals surface area (Å²) in [4.78, 5) is 18.3. The molecule has 0 saturated carbocycles. The highest BCUT2D eigenvalue weighted by molar-refractivity contribution is 5.90. The van der Waals surface area contributed by atoms with Gasteiger partial charge in [-0.15, -0.1) is 12.4 Å². The summed E-state index contributed by atoms with van der Waals surface area (Å²) in [6.07, 6.45) is 4.98. The van der Waals surface area contributed by atoms with Crippen molar-refractivity contribution in [3.8, 4) is 5.75 Å². The van der Waals surface area contributed by atoms with Gasteiger partial charge in [-0.1, -0.05) is 54.6 Å². The van der Waals surface area contributed by atoms with Crippen LogP contribution in [0.15, 0.2) is 60.7 Å².